The molecule has 0 fully saturated rings. The van der Waals surface area contributed by atoms with Crippen molar-refractivity contribution in [1.29, 1.82) is 0 Å². The number of carbonyl (C=O) groups is 1. The molecule has 0 atom stereocenters. The van der Waals surface area contributed by atoms with E-state index < -0.39 is 5.60 Å². The zero-order valence-electron chi connectivity index (χ0n) is 10.9. The summed E-state index contributed by atoms with van der Waals surface area (Å²) >= 11 is 5.73. The molecule has 3 N–H and O–H groups in total. The normalized spacial score (nSPS) is 11.6. The van der Waals surface area contributed by atoms with Crippen molar-refractivity contribution in [3.05, 3.63) is 23.0 Å². The van der Waals surface area contributed by atoms with Crippen molar-refractivity contribution >= 4 is 17.5 Å². The number of halogens is 1. The molecule has 0 aliphatic carbocycles. The highest BCUT2D eigenvalue weighted by Crippen LogP contribution is 2.18. The lowest BCUT2D eigenvalue weighted by Gasteiger charge is -2.27. The summed E-state index contributed by atoms with van der Waals surface area (Å²) in [7, 11) is 0. The molecule has 4 nitrogen and oxygen atoms in total. The standard InChI is InChI=1S/C13H21ClN2O2/c1-3-5-13(18,6-4-2)9-16-12(17)11-7-10(14)8-15-11/h7-8,15,18H,3-6,9H2,1-2H3,(H,16,17). The molecule has 1 heterocycles. The van der Waals surface area contributed by atoms with Crippen LogP contribution in [0.15, 0.2) is 12.3 Å². The van der Waals surface area contributed by atoms with E-state index in [0.29, 0.717) is 23.6 Å². The van der Waals surface area contributed by atoms with Crippen molar-refractivity contribution in [1.82, 2.24) is 10.3 Å². The Morgan fingerprint density at radius 2 is 2.06 bits per heavy atom. The van der Waals surface area contributed by atoms with Crippen LogP contribution in [0.5, 0.6) is 0 Å². The second-order valence-corrected chi connectivity index (χ2v) is 5.08. The van der Waals surface area contributed by atoms with E-state index in [2.05, 4.69) is 10.3 Å². The van der Waals surface area contributed by atoms with Crippen LogP contribution in [0, 0.1) is 0 Å². The number of hydrogen-bond donors (Lipinski definition) is 3. The van der Waals surface area contributed by atoms with E-state index in [1.807, 2.05) is 13.8 Å². The van der Waals surface area contributed by atoms with Gasteiger partial charge < -0.3 is 15.4 Å². The molecule has 0 saturated heterocycles. The quantitative estimate of drug-likeness (QED) is 0.715. The van der Waals surface area contributed by atoms with Gasteiger partial charge >= 0.3 is 0 Å². The van der Waals surface area contributed by atoms with E-state index in [1.54, 1.807) is 12.3 Å². The largest absolute Gasteiger partial charge is 0.388 e. The number of aliphatic hydroxyl groups is 1. The third kappa shape index (κ3) is 4.35. The number of amides is 1. The van der Waals surface area contributed by atoms with Crippen LogP contribution in [-0.4, -0.2) is 28.1 Å². The van der Waals surface area contributed by atoms with Crippen molar-refractivity contribution in [2.45, 2.75) is 45.1 Å². The van der Waals surface area contributed by atoms with Crippen LogP contribution in [0.3, 0.4) is 0 Å². The van der Waals surface area contributed by atoms with Crippen molar-refractivity contribution in [3.63, 3.8) is 0 Å². The van der Waals surface area contributed by atoms with Gasteiger partial charge in [-0.1, -0.05) is 38.3 Å². The first-order valence-electron chi connectivity index (χ1n) is 6.35. The fourth-order valence-electron chi connectivity index (χ4n) is 2.07. The third-order valence-corrected chi connectivity index (χ3v) is 3.12. The summed E-state index contributed by atoms with van der Waals surface area (Å²) in [5.41, 5.74) is -0.398. The maximum absolute atomic E-state index is 11.8. The molecule has 102 valence electrons. The molecular weight excluding hydrogens is 252 g/mol. The van der Waals surface area contributed by atoms with E-state index >= 15 is 0 Å². The molecule has 0 aliphatic rings. The molecule has 0 saturated carbocycles. The van der Waals surface area contributed by atoms with E-state index in [1.165, 1.54) is 0 Å². The van der Waals surface area contributed by atoms with Gasteiger partial charge in [-0.25, -0.2) is 0 Å². The number of nitrogens with one attached hydrogen (secondary N) is 2. The van der Waals surface area contributed by atoms with E-state index in [4.69, 9.17) is 11.6 Å². The topological polar surface area (TPSA) is 65.1 Å². The molecule has 5 heteroatoms. The predicted molar refractivity (Wildman–Crippen MR) is 72.9 cm³/mol. The summed E-state index contributed by atoms with van der Waals surface area (Å²) in [6, 6.07) is 1.57. The first-order chi connectivity index (χ1) is 8.50. The number of aromatic amines is 1. The van der Waals surface area contributed by atoms with Gasteiger partial charge in [-0.3, -0.25) is 4.79 Å². The van der Waals surface area contributed by atoms with Gasteiger partial charge in [0.25, 0.3) is 5.91 Å². The Balaban J connectivity index is 2.54. The molecular formula is C13H21ClN2O2. The van der Waals surface area contributed by atoms with Crippen LogP contribution in [0.2, 0.25) is 5.02 Å². The molecule has 0 aromatic carbocycles. The number of hydrogen-bond acceptors (Lipinski definition) is 2. The molecule has 1 amide bonds. The van der Waals surface area contributed by atoms with Gasteiger partial charge in [0.1, 0.15) is 5.69 Å². The van der Waals surface area contributed by atoms with Crippen LogP contribution < -0.4 is 5.32 Å². The zero-order chi connectivity index (χ0) is 13.6. The van der Waals surface area contributed by atoms with E-state index in [0.717, 1.165) is 12.8 Å². The molecule has 0 unspecified atom stereocenters. The van der Waals surface area contributed by atoms with Gasteiger partial charge in [0.05, 0.1) is 10.6 Å². The fraction of sp³-hybridized carbons (Fsp3) is 0.615. The van der Waals surface area contributed by atoms with Gasteiger partial charge in [0.2, 0.25) is 0 Å². The van der Waals surface area contributed by atoms with Gasteiger partial charge in [0.15, 0.2) is 0 Å². The van der Waals surface area contributed by atoms with Crippen molar-refractivity contribution in [3.8, 4) is 0 Å². The smallest absolute Gasteiger partial charge is 0.267 e. The van der Waals surface area contributed by atoms with Crippen LogP contribution in [0.1, 0.15) is 50.0 Å². The van der Waals surface area contributed by atoms with Crippen LogP contribution in [0.4, 0.5) is 0 Å². The summed E-state index contributed by atoms with van der Waals surface area (Å²) in [4.78, 5) is 14.6. The van der Waals surface area contributed by atoms with Crippen molar-refractivity contribution in [2.75, 3.05) is 6.54 Å². The van der Waals surface area contributed by atoms with Gasteiger partial charge in [-0.05, 0) is 18.9 Å². The van der Waals surface area contributed by atoms with Gasteiger partial charge in [0, 0.05) is 12.7 Å². The molecule has 1 rings (SSSR count). The maximum Gasteiger partial charge on any atom is 0.267 e. The minimum atomic E-state index is -0.810. The van der Waals surface area contributed by atoms with Crippen molar-refractivity contribution in [2.24, 2.45) is 0 Å². The summed E-state index contributed by atoms with van der Waals surface area (Å²) in [5, 5.41) is 13.6. The molecule has 1 aromatic rings. The number of carbonyl (C=O) groups excluding carboxylic acids is 1. The van der Waals surface area contributed by atoms with Crippen LogP contribution >= 0.6 is 11.6 Å². The maximum atomic E-state index is 11.8. The number of aromatic nitrogens is 1. The summed E-state index contributed by atoms with van der Waals surface area (Å²) in [5.74, 6) is -0.243. The second kappa shape index (κ2) is 6.81. The lowest BCUT2D eigenvalue weighted by Crippen LogP contribution is -2.42. The predicted octanol–water partition coefficient (Wildman–Crippen LogP) is 2.73. The Labute approximate surface area is 113 Å². The minimum Gasteiger partial charge on any atom is -0.388 e. The van der Waals surface area contributed by atoms with E-state index in [9.17, 15) is 9.90 Å². The van der Waals surface area contributed by atoms with Crippen LogP contribution in [-0.2, 0) is 0 Å². The summed E-state index contributed by atoms with van der Waals surface area (Å²) in [6.45, 7) is 4.31. The molecule has 18 heavy (non-hydrogen) atoms. The Morgan fingerprint density at radius 1 is 1.44 bits per heavy atom. The van der Waals surface area contributed by atoms with Gasteiger partial charge in [-0.15, -0.1) is 0 Å². The SMILES string of the molecule is CCCC(O)(CCC)CNC(=O)c1cc(Cl)c[nH]1. The Bertz CT molecular complexity index is 384. The average molecular weight is 273 g/mol. The van der Waals surface area contributed by atoms with Gasteiger partial charge in [-0.2, -0.15) is 0 Å². The average Bonchev–Trinajstić information content (AvgIpc) is 2.74. The number of H-pyrrole nitrogens is 1. The van der Waals surface area contributed by atoms with Crippen molar-refractivity contribution < 1.29 is 9.90 Å². The van der Waals surface area contributed by atoms with Crippen LogP contribution in [0.25, 0.3) is 0 Å². The first kappa shape index (κ1) is 15.1. The Kier molecular flexibility index (Phi) is 5.69. The highest BCUT2D eigenvalue weighted by Gasteiger charge is 2.25. The minimum absolute atomic E-state index is 0.243. The molecule has 0 radical (unpaired) electrons. The molecule has 0 spiro atoms. The fourth-order valence-corrected chi connectivity index (χ4v) is 2.24. The summed E-state index contributed by atoms with van der Waals surface area (Å²) in [6.07, 6.45) is 4.71. The lowest BCUT2D eigenvalue weighted by molar-refractivity contribution is 0.0212. The Hall–Kier alpha value is -1.00. The highest BCUT2D eigenvalue weighted by atomic mass is 35.5. The first-order valence-corrected chi connectivity index (χ1v) is 6.73. The Morgan fingerprint density at radius 3 is 2.50 bits per heavy atom. The molecule has 0 bridgehead atoms. The molecule has 1 aromatic heterocycles. The monoisotopic (exact) mass is 272 g/mol. The summed E-state index contributed by atoms with van der Waals surface area (Å²) < 4.78 is 0. The number of rotatable bonds is 7. The zero-order valence-corrected chi connectivity index (χ0v) is 11.7. The van der Waals surface area contributed by atoms with E-state index in [-0.39, 0.29) is 12.5 Å². The molecule has 0 aliphatic heterocycles. The lowest BCUT2D eigenvalue weighted by atomic mass is 9.92. The second-order valence-electron chi connectivity index (χ2n) is 4.64. The third-order valence-electron chi connectivity index (χ3n) is 2.90. The highest BCUT2D eigenvalue weighted by molar-refractivity contribution is 6.30.